The molecular formula is C15H25N. The van der Waals surface area contributed by atoms with Crippen LogP contribution in [0.5, 0.6) is 0 Å². The summed E-state index contributed by atoms with van der Waals surface area (Å²) in [5, 5.41) is 0. The third-order valence-electron chi connectivity index (χ3n) is 4.23. The average Bonchev–Trinajstić information content (AvgIpc) is 2.67. The molecule has 2 unspecified atom stereocenters. The van der Waals surface area contributed by atoms with Crippen LogP contribution in [0.15, 0.2) is 24.5 Å². The van der Waals surface area contributed by atoms with Gasteiger partial charge in [0.05, 0.1) is 0 Å². The fraction of sp³-hybridized carbons (Fsp3) is 0.733. The van der Waals surface area contributed by atoms with Crippen molar-refractivity contribution in [2.24, 2.45) is 11.3 Å². The molecule has 0 radical (unpaired) electrons. The van der Waals surface area contributed by atoms with Crippen molar-refractivity contribution in [1.82, 2.24) is 4.57 Å². The maximum atomic E-state index is 2.43. The summed E-state index contributed by atoms with van der Waals surface area (Å²) in [6, 6.07) is 4.29. The minimum absolute atomic E-state index is 0.325. The van der Waals surface area contributed by atoms with Gasteiger partial charge in [0.2, 0.25) is 0 Å². The van der Waals surface area contributed by atoms with Crippen molar-refractivity contribution >= 4 is 0 Å². The molecule has 1 saturated carbocycles. The molecule has 1 heteroatoms. The highest BCUT2D eigenvalue weighted by Crippen LogP contribution is 2.48. The lowest BCUT2D eigenvalue weighted by atomic mass is 9.64. The van der Waals surface area contributed by atoms with Crippen LogP contribution in [0.1, 0.15) is 53.4 Å². The zero-order chi connectivity index (χ0) is 11.8. The monoisotopic (exact) mass is 219 g/mol. The molecule has 0 bridgehead atoms. The normalized spacial score (nSPS) is 33.9. The molecule has 0 spiro atoms. The van der Waals surface area contributed by atoms with Crippen LogP contribution < -0.4 is 0 Å². The van der Waals surface area contributed by atoms with Crippen molar-refractivity contribution < 1.29 is 0 Å². The van der Waals surface area contributed by atoms with E-state index in [1.807, 2.05) is 0 Å². The van der Waals surface area contributed by atoms with Crippen molar-refractivity contribution in [1.29, 1.82) is 0 Å². The van der Waals surface area contributed by atoms with Gasteiger partial charge in [0.1, 0.15) is 0 Å². The Bertz CT molecular complexity index is 336. The number of hydrogen-bond acceptors (Lipinski definition) is 0. The van der Waals surface area contributed by atoms with Crippen molar-refractivity contribution in [2.75, 3.05) is 0 Å². The molecule has 16 heavy (non-hydrogen) atoms. The molecule has 1 aliphatic carbocycles. The van der Waals surface area contributed by atoms with Crippen LogP contribution in [0.2, 0.25) is 0 Å². The van der Waals surface area contributed by atoms with E-state index in [-0.39, 0.29) is 0 Å². The minimum atomic E-state index is 0.325. The van der Waals surface area contributed by atoms with Gasteiger partial charge in [-0.1, -0.05) is 27.2 Å². The average molecular weight is 219 g/mol. The third kappa shape index (κ3) is 2.18. The molecule has 90 valence electrons. The Morgan fingerprint density at radius 3 is 2.31 bits per heavy atom. The lowest BCUT2D eigenvalue weighted by Gasteiger charge is -2.47. The second-order valence-corrected chi connectivity index (χ2v) is 6.61. The van der Waals surface area contributed by atoms with Gasteiger partial charge in [-0.3, -0.25) is 0 Å². The minimum Gasteiger partial charge on any atom is -0.349 e. The lowest BCUT2D eigenvalue weighted by molar-refractivity contribution is 0.0601. The summed E-state index contributed by atoms with van der Waals surface area (Å²) >= 11 is 0. The fourth-order valence-electron chi connectivity index (χ4n) is 3.83. The molecule has 1 aliphatic rings. The Balaban J connectivity index is 2.27. The first-order valence-electron chi connectivity index (χ1n) is 6.59. The quantitative estimate of drug-likeness (QED) is 0.693. The van der Waals surface area contributed by atoms with Crippen molar-refractivity contribution in [3.8, 4) is 0 Å². The van der Waals surface area contributed by atoms with E-state index in [0.717, 1.165) is 5.92 Å². The summed E-state index contributed by atoms with van der Waals surface area (Å²) in [5.41, 5.74) is 0.809. The maximum Gasteiger partial charge on any atom is 0.0419 e. The third-order valence-corrected chi connectivity index (χ3v) is 4.23. The Hall–Kier alpha value is -0.720. The van der Waals surface area contributed by atoms with Gasteiger partial charge in [0, 0.05) is 17.9 Å². The first-order chi connectivity index (χ1) is 7.45. The van der Waals surface area contributed by atoms with Crippen LogP contribution in [0.4, 0.5) is 0 Å². The highest BCUT2D eigenvalue weighted by Gasteiger charge is 2.41. The van der Waals surface area contributed by atoms with Crippen LogP contribution in [-0.4, -0.2) is 4.57 Å². The molecule has 0 N–H and O–H groups in total. The van der Waals surface area contributed by atoms with Gasteiger partial charge in [-0.05, 0) is 49.7 Å². The van der Waals surface area contributed by atoms with Crippen molar-refractivity contribution in [3.05, 3.63) is 24.5 Å². The predicted octanol–water partition coefficient (Wildman–Crippen LogP) is 4.44. The van der Waals surface area contributed by atoms with E-state index in [1.165, 1.54) is 25.7 Å². The molecule has 1 fully saturated rings. The second-order valence-electron chi connectivity index (χ2n) is 6.61. The Morgan fingerprint density at radius 1 is 1.12 bits per heavy atom. The standard InChI is InChI=1S/C15H25N/c1-5-13-10-14(2,3)12-15(4,11-13)16-8-6-7-9-16/h6-9,13H,5,10-12H2,1-4H3. The van der Waals surface area contributed by atoms with Crippen LogP contribution in [-0.2, 0) is 5.54 Å². The van der Waals surface area contributed by atoms with Gasteiger partial charge in [0.25, 0.3) is 0 Å². The zero-order valence-corrected chi connectivity index (χ0v) is 11.2. The summed E-state index contributed by atoms with van der Waals surface area (Å²) in [4.78, 5) is 0. The number of nitrogens with zero attached hydrogens (tertiary/aromatic N) is 1. The molecule has 1 aromatic rings. The van der Waals surface area contributed by atoms with E-state index in [0.29, 0.717) is 11.0 Å². The SMILES string of the molecule is CCC1CC(C)(C)CC(C)(n2cccc2)C1. The molecule has 0 aromatic carbocycles. The van der Waals surface area contributed by atoms with Crippen LogP contribution in [0.25, 0.3) is 0 Å². The van der Waals surface area contributed by atoms with Gasteiger partial charge in [0.15, 0.2) is 0 Å². The Morgan fingerprint density at radius 2 is 1.75 bits per heavy atom. The van der Waals surface area contributed by atoms with E-state index in [2.05, 4.69) is 56.8 Å². The Kier molecular flexibility index (Phi) is 2.90. The predicted molar refractivity (Wildman–Crippen MR) is 69.5 cm³/mol. The number of rotatable bonds is 2. The largest absolute Gasteiger partial charge is 0.349 e. The number of aromatic nitrogens is 1. The van der Waals surface area contributed by atoms with E-state index < -0.39 is 0 Å². The molecular weight excluding hydrogens is 194 g/mol. The summed E-state index contributed by atoms with van der Waals surface area (Å²) in [6.45, 7) is 9.62. The van der Waals surface area contributed by atoms with Crippen LogP contribution in [0.3, 0.4) is 0 Å². The Labute approximate surface area is 99.9 Å². The molecule has 1 aromatic heterocycles. The van der Waals surface area contributed by atoms with Crippen LogP contribution >= 0.6 is 0 Å². The second kappa shape index (κ2) is 3.94. The van der Waals surface area contributed by atoms with E-state index in [4.69, 9.17) is 0 Å². The molecule has 2 rings (SSSR count). The first kappa shape index (κ1) is 11.8. The van der Waals surface area contributed by atoms with E-state index in [9.17, 15) is 0 Å². The molecule has 1 nitrogen and oxygen atoms in total. The zero-order valence-electron chi connectivity index (χ0n) is 11.2. The summed E-state index contributed by atoms with van der Waals surface area (Å²) in [5.74, 6) is 0.885. The fourth-order valence-corrected chi connectivity index (χ4v) is 3.83. The van der Waals surface area contributed by atoms with Crippen LogP contribution in [0, 0.1) is 11.3 Å². The molecule has 0 aliphatic heterocycles. The summed E-state index contributed by atoms with van der Waals surface area (Å²) in [7, 11) is 0. The highest BCUT2D eigenvalue weighted by atomic mass is 15.0. The maximum absolute atomic E-state index is 2.43. The molecule has 0 saturated heterocycles. The van der Waals surface area contributed by atoms with Gasteiger partial charge in [-0.25, -0.2) is 0 Å². The topological polar surface area (TPSA) is 4.93 Å². The van der Waals surface area contributed by atoms with Gasteiger partial charge < -0.3 is 4.57 Å². The number of hydrogen-bond donors (Lipinski definition) is 0. The summed E-state index contributed by atoms with van der Waals surface area (Å²) in [6.07, 6.45) is 9.80. The van der Waals surface area contributed by atoms with Crippen molar-refractivity contribution in [2.45, 2.75) is 58.9 Å². The highest BCUT2D eigenvalue weighted by molar-refractivity contribution is 5.02. The molecule has 2 atom stereocenters. The molecule has 0 amide bonds. The van der Waals surface area contributed by atoms with Gasteiger partial charge >= 0.3 is 0 Å². The molecule has 1 heterocycles. The summed E-state index contributed by atoms with van der Waals surface area (Å²) < 4.78 is 2.43. The van der Waals surface area contributed by atoms with E-state index >= 15 is 0 Å². The van der Waals surface area contributed by atoms with Crippen molar-refractivity contribution in [3.63, 3.8) is 0 Å². The lowest BCUT2D eigenvalue weighted by Crippen LogP contribution is -2.42. The van der Waals surface area contributed by atoms with Gasteiger partial charge in [-0.2, -0.15) is 0 Å². The smallest absolute Gasteiger partial charge is 0.0419 e. The van der Waals surface area contributed by atoms with E-state index in [1.54, 1.807) is 0 Å². The first-order valence-corrected chi connectivity index (χ1v) is 6.59. The van der Waals surface area contributed by atoms with Gasteiger partial charge in [-0.15, -0.1) is 0 Å².